The van der Waals surface area contributed by atoms with Gasteiger partial charge in [-0.3, -0.25) is 0 Å². The van der Waals surface area contributed by atoms with Crippen LogP contribution in [0.1, 0.15) is 63.0 Å². The molecule has 38 heavy (non-hydrogen) atoms. The predicted octanol–water partition coefficient (Wildman–Crippen LogP) is 8.98. The second-order valence-electron chi connectivity index (χ2n) is 11.5. The molecule has 196 valence electrons. The van der Waals surface area contributed by atoms with Crippen LogP contribution in [0.5, 0.6) is 11.5 Å². The van der Waals surface area contributed by atoms with Gasteiger partial charge < -0.3 is 14.4 Å². The molecule has 4 rings (SSSR count). The van der Waals surface area contributed by atoms with Gasteiger partial charge in [0, 0.05) is 22.5 Å². The lowest BCUT2D eigenvalue weighted by Gasteiger charge is -2.30. The van der Waals surface area contributed by atoms with Crippen LogP contribution in [-0.2, 0) is 10.8 Å². The molecule has 0 aliphatic heterocycles. The van der Waals surface area contributed by atoms with E-state index in [-0.39, 0.29) is 10.8 Å². The van der Waals surface area contributed by atoms with Gasteiger partial charge in [0.2, 0.25) is 0 Å². The molecule has 0 heterocycles. The number of ether oxygens (including phenoxy) is 2. The van der Waals surface area contributed by atoms with E-state index in [1.54, 1.807) is 7.11 Å². The molecule has 0 N–H and O–H groups in total. The normalized spacial score (nSPS) is 11.7. The van der Waals surface area contributed by atoms with Crippen molar-refractivity contribution in [3.63, 3.8) is 0 Å². The number of hydrogen-bond donors (Lipinski definition) is 0. The number of carbonyl (C=O) groups is 1. The lowest BCUT2D eigenvalue weighted by molar-refractivity contribution is 0.0729. The lowest BCUT2D eigenvalue weighted by atomic mass is 9.79. The maximum atomic E-state index is 14.0. The quantitative estimate of drug-likeness (QED) is 0.193. The molecular formula is C34H37NO3. The van der Waals surface area contributed by atoms with Crippen molar-refractivity contribution in [1.82, 2.24) is 0 Å². The zero-order valence-electron chi connectivity index (χ0n) is 23.4. The van der Waals surface area contributed by atoms with Crippen LogP contribution in [0.3, 0.4) is 0 Å². The van der Waals surface area contributed by atoms with Crippen LogP contribution in [0, 0.1) is 0 Å². The molecule has 0 aliphatic rings. The summed E-state index contributed by atoms with van der Waals surface area (Å²) in [5, 5.41) is 0. The van der Waals surface area contributed by atoms with Crippen molar-refractivity contribution >= 4 is 23.0 Å². The van der Waals surface area contributed by atoms with Crippen LogP contribution >= 0.6 is 0 Å². The lowest BCUT2D eigenvalue weighted by Crippen LogP contribution is -2.23. The van der Waals surface area contributed by atoms with Crippen LogP contribution < -0.4 is 14.4 Å². The van der Waals surface area contributed by atoms with E-state index in [9.17, 15) is 4.79 Å². The zero-order chi connectivity index (χ0) is 27.5. The van der Waals surface area contributed by atoms with Gasteiger partial charge in [-0.15, -0.1) is 0 Å². The Labute approximate surface area is 226 Å². The number of nitrogens with zero attached hydrogens (tertiary/aromatic N) is 1. The van der Waals surface area contributed by atoms with Gasteiger partial charge in [0.1, 0.15) is 11.5 Å². The van der Waals surface area contributed by atoms with Crippen molar-refractivity contribution in [2.75, 3.05) is 12.0 Å². The van der Waals surface area contributed by atoms with Crippen molar-refractivity contribution in [2.24, 2.45) is 0 Å². The molecule has 0 saturated heterocycles. The van der Waals surface area contributed by atoms with E-state index in [2.05, 4.69) is 46.4 Å². The molecule has 0 bridgehead atoms. The summed E-state index contributed by atoms with van der Waals surface area (Å²) in [7, 11) is 1.66. The molecule has 0 spiro atoms. The van der Waals surface area contributed by atoms with E-state index in [4.69, 9.17) is 9.47 Å². The first-order valence-corrected chi connectivity index (χ1v) is 12.9. The van der Waals surface area contributed by atoms with Gasteiger partial charge >= 0.3 is 5.97 Å². The van der Waals surface area contributed by atoms with Crippen molar-refractivity contribution in [3.8, 4) is 11.5 Å². The molecule has 0 radical (unpaired) electrons. The predicted molar refractivity (Wildman–Crippen MR) is 156 cm³/mol. The highest BCUT2D eigenvalue weighted by atomic mass is 16.5. The van der Waals surface area contributed by atoms with E-state index in [0.717, 1.165) is 33.9 Å². The first-order chi connectivity index (χ1) is 18.0. The van der Waals surface area contributed by atoms with Gasteiger partial charge in [0.15, 0.2) is 0 Å². The number of benzene rings is 4. The number of hydrogen-bond acceptors (Lipinski definition) is 4. The third-order valence-electron chi connectivity index (χ3n) is 6.50. The zero-order valence-corrected chi connectivity index (χ0v) is 23.4. The van der Waals surface area contributed by atoms with Crippen molar-refractivity contribution in [3.05, 3.63) is 114 Å². The van der Waals surface area contributed by atoms with Gasteiger partial charge in [0.25, 0.3) is 0 Å². The molecule has 4 heteroatoms. The molecule has 0 aliphatic carbocycles. The van der Waals surface area contributed by atoms with Gasteiger partial charge in [0.05, 0.1) is 18.4 Å². The topological polar surface area (TPSA) is 38.8 Å². The van der Waals surface area contributed by atoms with Gasteiger partial charge in [-0.1, -0.05) is 90.1 Å². The summed E-state index contributed by atoms with van der Waals surface area (Å²) in [5.74, 6) is 0.939. The van der Waals surface area contributed by atoms with E-state index in [1.165, 1.54) is 0 Å². The minimum Gasteiger partial charge on any atom is -0.497 e. The smallest absolute Gasteiger partial charge is 0.345 e. The fourth-order valence-corrected chi connectivity index (χ4v) is 4.51. The number of para-hydroxylation sites is 3. The molecular weight excluding hydrogens is 470 g/mol. The Hall–Kier alpha value is -4.05. The highest BCUT2D eigenvalue weighted by Crippen LogP contribution is 2.43. The maximum absolute atomic E-state index is 14.0. The largest absolute Gasteiger partial charge is 0.497 e. The molecule has 0 fully saturated rings. The van der Waals surface area contributed by atoms with Crippen LogP contribution in [0.15, 0.2) is 97.1 Å². The molecule has 4 nitrogen and oxygen atoms in total. The number of carbonyl (C=O) groups excluding carboxylic acids is 1. The van der Waals surface area contributed by atoms with E-state index >= 15 is 0 Å². The van der Waals surface area contributed by atoms with Gasteiger partial charge in [-0.25, -0.2) is 4.79 Å². The van der Waals surface area contributed by atoms with Gasteiger partial charge in [-0.2, -0.15) is 0 Å². The SMILES string of the molecule is COc1cc(C(C)(C)C)c(OC(=O)c2ccccc2N(c2ccccc2)c2ccccc2)c(C(C)(C)C)c1. The fourth-order valence-electron chi connectivity index (χ4n) is 4.51. The second-order valence-corrected chi connectivity index (χ2v) is 11.5. The Morgan fingerprint density at radius 1 is 0.658 bits per heavy atom. The Morgan fingerprint density at radius 2 is 1.11 bits per heavy atom. The highest BCUT2D eigenvalue weighted by molar-refractivity contribution is 6.00. The first-order valence-electron chi connectivity index (χ1n) is 12.9. The first kappa shape index (κ1) is 27.0. The monoisotopic (exact) mass is 507 g/mol. The average Bonchev–Trinajstić information content (AvgIpc) is 2.89. The summed E-state index contributed by atoms with van der Waals surface area (Å²) in [5.41, 5.74) is 4.44. The molecule has 0 amide bonds. The molecule has 0 unspecified atom stereocenters. The van der Waals surface area contributed by atoms with Crippen molar-refractivity contribution in [2.45, 2.75) is 52.4 Å². The Kier molecular flexibility index (Phi) is 7.63. The second kappa shape index (κ2) is 10.7. The third kappa shape index (κ3) is 5.75. The van der Waals surface area contributed by atoms with Crippen LogP contribution in [-0.4, -0.2) is 13.1 Å². The fraction of sp³-hybridized carbons (Fsp3) is 0.265. The highest BCUT2D eigenvalue weighted by Gasteiger charge is 2.31. The molecule has 0 saturated carbocycles. The average molecular weight is 508 g/mol. The number of rotatable bonds is 6. The summed E-state index contributed by atoms with van der Waals surface area (Å²) >= 11 is 0. The number of methoxy groups -OCH3 is 1. The van der Waals surface area contributed by atoms with Crippen LogP contribution in [0.4, 0.5) is 17.1 Å². The third-order valence-corrected chi connectivity index (χ3v) is 6.50. The maximum Gasteiger partial charge on any atom is 0.345 e. The Morgan fingerprint density at radius 3 is 1.55 bits per heavy atom. The van der Waals surface area contributed by atoms with Crippen molar-refractivity contribution in [1.29, 1.82) is 0 Å². The van der Waals surface area contributed by atoms with Crippen LogP contribution in [0.25, 0.3) is 0 Å². The molecule has 0 aromatic heterocycles. The Balaban J connectivity index is 1.87. The summed E-state index contributed by atoms with van der Waals surface area (Å²) in [6, 6.07) is 31.6. The van der Waals surface area contributed by atoms with Crippen molar-refractivity contribution < 1.29 is 14.3 Å². The molecule has 0 atom stereocenters. The minimum absolute atomic E-state index is 0.274. The summed E-state index contributed by atoms with van der Waals surface area (Å²) in [6.45, 7) is 12.7. The Bertz CT molecular complexity index is 1320. The number of anilines is 3. The van der Waals surface area contributed by atoms with Crippen LogP contribution in [0.2, 0.25) is 0 Å². The summed E-state index contributed by atoms with van der Waals surface area (Å²) < 4.78 is 12.0. The summed E-state index contributed by atoms with van der Waals surface area (Å²) in [4.78, 5) is 16.1. The number of esters is 1. The molecule has 4 aromatic carbocycles. The summed E-state index contributed by atoms with van der Waals surface area (Å²) in [6.07, 6.45) is 0. The standard InChI is InChI=1S/C34H37NO3/c1-33(2,3)28-22-26(37-7)23-29(34(4,5)6)31(28)38-32(36)27-20-14-15-21-30(27)35(24-16-10-8-11-17-24)25-18-12-9-13-19-25/h8-23H,1-7H3. The van der Waals surface area contributed by atoms with E-state index in [0.29, 0.717) is 11.3 Å². The minimum atomic E-state index is -0.404. The molecule has 4 aromatic rings. The van der Waals surface area contributed by atoms with Gasteiger partial charge in [-0.05, 0) is 59.4 Å². The van der Waals surface area contributed by atoms with E-state index < -0.39 is 5.97 Å². The van der Waals surface area contributed by atoms with E-state index in [1.807, 2.05) is 97.1 Å².